The van der Waals surface area contributed by atoms with Crippen LogP contribution < -0.4 is 11.1 Å². The summed E-state index contributed by atoms with van der Waals surface area (Å²) < 4.78 is 1.93. The Hall–Kier alpha value is -2.83. The van der Waals surface area contributed by atoms with Gasteiger partial charge in [-0.05, 0) is 50.1 Å². The number of aromatic nitrogens is 1. The van der Waals surface area contributed by atoms with Crippen molar-refractivity contribution >= 4 is 40.8 Å². The van der Waals surface area contributed by atoms with E-state index in [9.17, 15) is 9.59 Å². The number of anilines is 1. The molecular formula is C23H29ClN4O2. The van der Waals surface area contributed by atoms with E-state index in [2.05, 4.69) is 5.32 Å². The molecule has 1 atom stereocenters. The summed E-state index contributed by atoms with van der Waals surface area (Å²) in [6.07, 6.45) is 2.39. The zero-order valence-electron chi connectivity index (χ0n) is 17.4. The molecule has 0 aliphatic carbocycles. The van der Waals surface area contributed by atoms with Gasteiger partial charge in [0.25, 0.3) is 0 Å². The smallest absolute Gasteiger partial charge is 0.242 e. The van der Waals surface area contributed by atoms with Gasteiger partial charge in [0.1, 0.15) is 6.54 Å². The van der Waals surface area contributed by atoms with E-state index < -0.39 is 6.04 Å². The summed E-state index contributed by atoms with van der Waals surface area (Å²) in [6.45, 7) is 5.67. The van der Waals surface area contributed by atoms with Crippen molar-refractivity contribution in [1.29, 1.82) is 0 Å². The van der Waals surface area contributed by atoms with Gasteiger partial charge in [0.2, 0.25) is 11.8 Å². The topological polar surface area (TPSA) is 80.4 Å². The highest BCUT2D eigenvalue weighted by Gasteiger charge is 2.15. The number of fused-ring (bicyclic) bond motifs is 1. The molecule has 0 fully saturated rings. The van der Waals surface area contributed by atoms with Gasteiger partial charge in [-0.2, -0.15) is 0 Å². The molecule has 2 amide bonds. The zero-order chi connectivity index (χ0) is 20.8. The minimum atomic E-state index is -0.621. The average Bonchev–Trinajstić information content (AvgIpc) is 3.11. The summed E-state index contributed by atoms with van der Waals surface area (Å²) in [4.78, 5) is 26.7. The number of nitrogens with one attached hydrogen (secondary N) is 1. The van der Waals surface area contributed by atoms with Gasteiger partial charge in [-0.3, -0.25) is 9.59 Å². The van der Waals surface area contributed by atoms with E-state index in [0.717, 1.165) is 16.5 Å². The van der Waals surface area contributed by atoms with Crippen molar-refractivity contribution in [2.24, 2.45) is 5.73 Å². The number of rotatable bonds is 8. The molecule has 7 heteroatoms. The third-order valence-electron chi connectivity index (χ3n) is 5.10. The van der Waals surface area contributed by atoms with E-state index in [-0.39, 0.29) is 24.2 Å². The Morgan fingerprint density at radius 1 is 1.07 bits per heavy atom. The molecule has 30 heavy (non-hydrogen) atoms. The van der Waals surface area contributed by atoms with Crippen LogP contribution in [0.15, 0.2) is 60.8 Å². The molecule has 0 unspecified atom stereocenters. The molecular weight excluding hydrogens is 400 g/mol. The second kappa shape index (κ2) is 10.8. The molecule has 0 spiro atoms. The monoisotopic (exact) mass is 428 g/mol. The summed E-state index contributed by atoms with van der Waals surface area (Å²) in [5.41, 5.74) is 8.74. The van der Waals surface area contributed by atoms with Crippen molar-refractivity contribution in [3.05, 3.63) is 66.4 Å². The van der Waals surface area contributed by atoms with E-state index in [1.807, 2.05) is 84.1 Å². The number of nitrogens with two attached hydrogens (primary N) is 1. The number of carbonyl (C=O) groups excluding carboxylic acids is 2. The summed E-state index contributed by atoms with van der Waals surface area (Å²) in [6, 6.07) is 16.7. The summed E-state index contributed by atoms with van der Waals surface area (Å²) in [7, 11) is 0. The first-order chi connectivity index (χ1) is 14.0. The van der Waals surface area contributed by atoms with Crippen molar-refractivity contribution in [2.75, 3.05) is 18.4 Å². The Balaban J connectivity index is 0.00000320. The van der Waals surface area contributed by atoms with Crippen molar-refractivity contribution in [3.63, 3.8) is 0 Å². The molecule has 2 aromatic carbocycles. The van der Waals surface area contributed by atoms with E-state index in [1.54, 1.807) is 0 Å². The highest BCUT2D eigenvalue weighted by Crippen LogP contribution is 2.21. The van der Waals surface area contributed by atoms with Crippen LogP contribution in [0.2, 0.25) is 0 Å². The number of likely N-dealkylation sites (N-methyl/N-ethyl adjacent to an activating group) is 1. The van der Waals surface area contributed by atoms with Crippen LogP contribution in [0.3, 0.4) is 0 Å². The highest BCUT2D eigenvalue weighted by molar-refractivity contribution is 5.97. The minimum absolute atomic E-state index is 0. The molecule has 0 saturated heterocycles. The first kappa shape index (κ1) is 23.4. The molecule has 3 aromatic rings. The normalized spacial score (nSPS) is 11.6. The Morgan fingerprint density at radius 3 is 2.43 bits per heavy atom. The molecule has 3 rings (SSSR count). The Morgan fingerprint density at radius 2 is 1.77 bits per heavy atom. The van der Waals surface area contributed by atoms with Gasteiger partial charge in [-0.1, -0.05) is 30.3 Å². The van der Waals surface area contributed by atoms with Crippen molar-refractivity contribution in [2.45, 2.75) is 32.9 Å². The van der Waals surface area contributed by atoms with Gasteiger partial charge >= 0.3 is 0 Å². The lowest BCUT2D eigenvalue weighted by atomic mass is 10.1. The van der Waals surface area contributed by atoms with Crippen molar-refractivity contribution in [1.82, 2.24) is 9.47 Å². The van der Waals surface area contributed by atoms with Gasteiger partial charge in [0.15, 0.2) is 0 Å². The number of halogens is 1. The zero-order valence-corrected chi connectivity index (χ0v) is 18.2. The molecule has 160 valence electrons. The number of nitrogens with zero attached hydrogens (tertiary/aromatic N) is 2. The van der Waals surface area contributed by atoms with Crippen LogP contribution >= 0.6 is 12.4 Å². The largest absolute Gasteiger partial charge is 0.342 e. The first-order valence-electron chi connectivity index (χ1n) is 9.98. The molecule has 6 nitrogen and oxygen atoms in total. The fourth-order valence-corrected chi connectivity index (χ4v) is 3.43. The van der Waals surface area contributed by atoms with Crippen LogP contribution in [0.5, 0.6) is 0 Å². The van der Waals surface area contributed by atoms with Crippen molar-refractivity contribution < 1.29 is 9.59 Å². The van der Waals surface area contributed by atoms with E-state index in [4.69, 9.17) is 5.73 Å². The molecule has 0 saturated carbocycles. The maximum Gasteiger partial charge on any atom is 0.242 e. The molecule has 1 heterocycles. The van der Waals surface area contributed by atoms with Crippen LogP contribution in [0.25, 0.3) is 10.9 Å². The predicted molar refractivity (Wildman–Crippen MR) is 124 cm³/mol. The second-order valence-electron chi connectivity index (χ2n) is 7.07. The number of amides is 2. The predicted octanol–water partition coefficient (Wildman–Crippen LogP) is 3.44. The standard InChI is InChI=1S/C23H28N4O2.ClH/c1-3-26(4-2)22(28)16-27-13-12-18-15-19(10-11-21(18)27)25-23(29)20(24)14-17-8-6-5-7-9-17;/h5-13,15,20H,3-4,14,16,24H2,1-2H3,(H,25,29);1H/t20-;/m0./s1. The van der Waals surface area contributed by atoms with Crippen LogP contribution in [0, 0.1) is 0 Å². The highest BCUT2D eigenvalue weighted by atomic mass is 35.5. The minimum Gasteiger partial charge on any atom is -0.342 e. The van der Waals surface area contributed by atoms with Crippen LogP contribution in [-0.4, -0.2) is 40.4 Å². The maximum atomic E-state index is 12.5. The Kier molecular flexibility index (Phi) is 8.45. The van der Waals surface area contributed by atoms with Gasteiger partial charge < -0.3 is 20.5 Å². The summed E-state index contributed by atoms with van der Waals surface area (Å²) in [5.74, 6) is -0.124. The fourth-order valence-electron chi connectivity index (χ4n) is 3.43. The Labute approximate surface area is 183 Å². The first-order valence-corrected chi connectivity index (χ1v) is 9.98. The van der Waals surface area contributed by atoms with Gasteiger partial charge in [-0.15, -0.1) is 12.4 Å². The number of carbonyl (C=O) groups is 2. The van der Waals surface area contributed by atoms with Crippen LogP contribution in [0.4, 0.5) is 5.69 Å². The molecule has 3 N–H and O–H groups in total. The third kappa shape index (κ3) is 5.62. The maximum absolute atomic E-state index is 12.5. The van der Waals surface area contributed by atoms with Gasteiger partial charge in [0.05, 0.1) is 6.04 Å². The van der Waals surface area contributed by atoms with E-state index >= 15 is 0 Å². The number of hydrogen-bond acceptors (Lipinski definition) is 3. The van der Waals surface area contributed by atoms with Gasteiger partial charge in [-0.25, -0.2) is 0 Å². The van der Waals surface area contributed by atoms with Gasteiger partial charge in [0, 0.05) is 35.9 Å². The lowest BCUT2D eigenvalue weighted by Gasteiger charge is -2.19. The lowest BCUT2D eigenvalue weighted by molar-refractivity contribution is -0.131. The average molecular weight is 429 g/mol. The van der Waals surface area contributed by atoms with Crippen LogP contribution in [-0.2, 0) is 22.6 Å². The summed E-state index contributed by atoms with van der Waals surface area (Å²) >= 11 is 0. The molecule has 0 radical (unpaired) electrons. The molecule has 0 aliphatic rings. The quantitative estimate of drug-likeness (QED) is 0.576. The third-order valence-corrected chi connectivity index (χ3v) is 5.10. The summed E-state index contributed by atoms with van der Waals surface area (Å²) in [5, 5.41) is 3.86. The van der Waals surface area contributed by atoms with Crippen LogP contribution in [0.1, 0.15) is 19.4 Å². The SMILES string of the molecule is CCN(CC)C(=O)Cn1ccc2cc(NC(=O)[C@@H](N)Cc3ccccc3)ccc21.Cl. The van der Waals surface area contributed by atoms with E-state index in [0.29, 0.717) is 31.7 Å². The molecule has 0 bridgehead atoms. The lowest BCUT2D eigenvalue weighted by Crippen LogP contribution is -2.37. The van der Waals surface area contributed by atoms with Crippen molar-refractivity contribution in [3.8, 4) is 0 Å². The molecule has 0 aliphatic heterocycles. The van der Waals surface area contributed by atoms with E-state index in [1.165, 1.54) is 0 Å². The molecule has 1 aromatic heterocycles. The fraction of sp³-hybridized carbons (Fsp3) is 0.304. The second-order valence-corrected chi connectivity index (χ2v) is 7.07. The Bertz CT molecular complexity index is 983. The number of benzene rings is 2. The number of hydrogen-bond donors (Lipinski definition) is 2.